The van der Waals surface area contributed by atoms with E-state index in [1.54, 1.807) is 30.3 Å². The highest BCUT2D eigenvalue weighted by Gasteiger charge is 2.45. The molecule has 248 valence electrons. The molecule has 0 N–H and O–H groups in total. The van der Waals surface area contributed by atoms with E-state index < -0.39 is 32.3 Å². The minimum atomic E-state index is -4.10. The molecule has 1 saturated heterocycles. The van der Waals surface area contributed by atoms with Gasteiger partial charge < -0.3 is 23.8 Å². The molecule has 6 atom stereocenters. The van der Waals surface area contributed by atoms with Gasteiger partial charge >= 0.3 is 19.8 Å². The van der Waals surface area contributed by atoms with Crippen LogP contribution in [0.1, 0.15) is 55.5 Å². The minimum absolute atomic E-state index is 0.0258. The van der Waals surface area contributed by atoms with Crippen molar-refractivity contribution < 1.29 is 46.7 Å². The predicted molar refractivity (Wildman–Crippen MR) is 166 cm³/mol. The number of benzene rings is 2. The van der Waals surface area contributed by atoms with Crippen LogP contribution in [0.2, 0.25) is 0 Å². The fourth-order valence-electron chi connectivity index (χ4n) is 4.57. The van der Waals surface area contributed by atoms with E-state index in [2.05, 4.69) is 4.85 Å². The molecule has 0 spiro atoms. The first-order chi connectivity index (χ1) is 22.3. The number of hydrogen-bond acceptors (Lipinski definition) is 11. The first-order valence-electron chi connectivity index (χ1n) is 15.2. The molecular formula is C33H41N2O10P. The van der Waals surface area contributed by atoms with Crippen LogP contribution >= 0.6 is 7.82 Å². The van der Waals surface area contributed by atoms with E-state index in [-0.39, 0.29) is 70.2 Å². The van der Waals surface area contributed by atoms with Gasteiger partial charge in [0.1, 0.15) is 13.2 Å². The number of carbonyl (C=O) groups excluding carboxylic acids is 2. The Morgan fingerprint density at radius 1 is 0.957 bits per heavy atom. The standard InChI is InChI=1S/C33H41N2O10P/c1-25-26(2)31(45-32(37)28-15-8-5-9-16-28)33(39-20-11-10-17-30(36)40-23-27-13-6-4-7-14-27)44-29(25)24-43-46(38,41-21-12-18-34)42-22-19-35-3/h4-9,13-16,25-26,29,31,33H,10-12,17,19-24H2,1-2H3/t25-,26-,29?,31?,33-,46?/m0/s1. The number of unbranched alkanes of at least 4 members (excludes halogenated alkanes) is 1. The van der Waals surface area contributed by atoms with Crippen LogP contribution in [0, 0.1) is 29.7 Å². The Bertz CT molecular complexity index is 1320. The van der Waals surface area contributed by atoms with Crippen LogP contribution in [0.5, 0.6) is 0 Å². The monoisotopic (exact) mass is 656 g/mol. The van der Waals surface area contributed by atoms with Crippen molar-refractivity contribution in [1.29, 1.82) is 5.26 Å². The molecule has 0 aliphatic carbocycles. The Morgan fingerprint density at radius 3 is 2.35 bits per heavy atom. The number of phosphoric acid groups is 1. The summed E-state index contributed by atoms with van der Waals surface area (Å²) < 4.78 is 52.9. The Kier molecular flexibility index (Phi) is 15.9. The molecule has 0 radical (unpaired) electrons. The van der Waals surface area contributed by atoms with Crippen LogP contribution in [0.3, 0.4) is 0 Å². The zero-order chi connectivity index (χ0) is 33.2. The SMILES string of the molecule is [C-]#[N+]CCOP(=O)(OCCC#N)OCC1O[C@H](OCCCCC(=O)OCc2ccccc2)C(OC(=O)c2ccccc2)[C@@H](C)[C@@H]1C. The van der Waals surface area contributed by atoms with E-state index in [4.69, 9.17) is 44.4 Å². The maximum absolute atomic E-state index is 13.2. The summed E-state index contributed by atoms with van der Waals surface area (Å²) in [5.41, 5.74) is 1.29. The molecule has 0 amide bonds. The van der Waals surface area contributed by atoms with Gasteiger partial charge in [-0.05, 0) is 36.5 Å². The summed E-state index contributed by atoms with van der Waals surface area (Å²) in [5, 5.41) is 8.83. The maximum atomic E-state index is 13.2. The fourth-order valence-corrected chi connectivity index (χ4v) is 5.75. The highest BCUT2D eigenvalue weighted by atomic mass is 31.2. The van der Waals surface area contributed by atoms with Gasteiger partial charge in [-0.1, -0.05) is 62.4 Å². The maximum Gasteiger partial charge on any atom is 0.475 e. The summed E-state index contributed by atoms with van der Waals surface area (Å²) in [6, 6.07) is 19.9. The van der Waals surface area contributed by atoms with Gasteiger partial charge in [-0.25, -0.2) is 15.9 Å². The van der Waals surface area contributed by atoms with Crippen LogP contribution < -0.4 is 0 Å². The second-order valence-electron chi connectivity index (χ2n) is 10.7. The summed E-state index contributed by atoms with van der Waals surface area (Å²) >= 11 is 0. The molecule has 0 aromatic heterocycles. The number of hydrogen-bond donors (Lipinski definition) is 0. The predicted octanol–water partition coefficient (Wildman–Crippen LogP) is 6.13. The third-order valence-electron chi connectivity index (χ3n) is 7.38. The van der Waals surface area contributed by atoms with E-state index >= 15 is 0 Å². The zero-order valence-electron chi connectivity index (χ0n) is 26.2. The number of ether oxygens (including phenoxy) is 4. The molecule has 1 fully saturated rings. The second kappa shape index (κ2) is 19.8. The smallest absolute Gasteiger partial charge is 0.461 e. The third kappa shape index (κ3) is 12.3. The zero-order valence-corrected chi connectivity index (χ0v) is 27.0. The molecule has 3 unspecified atom stereocenters. The molecular weight excluding hydrogens is 615 g/mol. The van der Waals surface area contributed by atoms with E-state index in [1.807, 2.05) is 50.2 Å². The van der Waals surface area contributed by atoms with Crippen molar-refractivity contribution in [2.45, 2.75) is 64.6 Å². The van der Waals surface area contributed by atoms with Gasteiger partial charge in [0.25, 0.3) is 0 Å². The van der Waals surface area contributed by atoms with E-state index in [0.29, 0.717) is 18.4 Å². The van der Waals surface area contributed by atoms with Crippen molar-refractivity contribution in [1.82, 2.24) is 0 Å². The molecule has 0 saturated carbocycles. The van der Waals surface area contributed by atoms with Crippen LogP contribution in [0.15, 0.2) is 60.7 Å². The Labute approximate surface area is 270 Å². The average molecular weight is 657 g/mol. The molecule has 1 aliphatic heterocycles. The van der Waals surface area contributed by atoms with Gasteiger partial charge in [-0.3, -0.25) is 18.4 Å². The van der Waals surface area contributed by atoms with Crippen molar-refractivity contribution in [2.24, 2.45) is 11.8 Å². The normalized spacial score (nSPS) is 22.1. The molecule has 13 heteroatoms. The van der Waals surface area contributed by atoms with Crippen LogP contribution in [0.4, 0.5) is 0 Å². The number of nitrogens with zero attached hydrogens (tertiary/aromatic N) is 2. The van der Waals surface area contributed by atoms with Crippen molar-refractivity contribution >= 4 is 19.8 Å². The second-order valence-corrected chi connectivity index (χ2v) is 12.3. The van der Waals surface area contributed by atoms with Crippen molar-refractivity contribution in [2.75, 3.05) is 33.0 Å². The van der Waals surface area contributed by atoms with Gasteiger partial charge in [0, 0.05) is 18.9 Å². The summed E-state index contributed by atoms with van der Waals surface area (Å²) in [6.07, 6.45) is -1.20. The molecule has 3 rings (SSSR count). The number of phosphoric ester groups is 1. The first kappa shape index (κ1) is 36.9. The average Bonchev–Trinajstić information content (AvgIpc) is 3.07. The van der Waals surface area contributed by atoms with E-state index in [9.17, 15) is 14.2 Å². The molecule has 2 aromatic rings. The molecule has 12 nitrogen and oxygen atoms in total. The van der Waals surface area contributed by atoms with Crippen molar-refractivity contribution in [3.05, 3.63) is 83.2 Å². The summed E-state index contributed by atoms with van der Waals surface area (Å²) in [4.78, 5) is 28.4. The lowest BCUT2D eigenvalue weighted by Gasteiger charge is -2.43. The first-order valence-corrected chi connectivity index (χ1v) is 16.7. The largest absolute Gasteiger partial charge is 0.475 e. The lowest BCUT2D eigenvalue weighted by Crippen LogP contribution is -2.53. The van der Waals surface area contributed by atoms with E-state index in [1.165, 1.54) is 0 Å². The van der Waals surface area contributed by atoms with Gasteiger partial charge in [0.15, 0.2) is 12.4 Å². The topological polar surface area (TPSA) is 144 Å². The van der Waals surface area contributed by atoms with Gasteiger partial charge in [0.05, 0.1) is 37.4 Å². The Morgan fingerprint density at radius 2 is 1.65 bits per heavy atom. The Balaban J connectivity index is 1.61. The van der Waals surface area contributed by atoms with Crippen molar-refractivity contribution in [3.8, 4) is 6.07 Å². The molecule has 1 aliphatic rings. The molecule has 46 heavy (non-hydrogen) atoms. The van der Waals surface area contributed by atoms with Gasteiger partial charge in [-0.2, -0.15) is 5.26 Å². The molecule has 2 aromatic carbocycles. The Hall–Kier alpha value is -3.61. The summed E-state index contributed by atoms with van der Waals surface area (Å²) in [7, 11) is -4.10. The fraction of sp³-hybridized carbons (Fsp3) is 0.515. The molecule has 0 bridgehead atoms. The van der Waals surface area contributed by atoms with Gasteiger partial charge in [0.2, 0.25) is 6.54 Å². The number of rotatable bonds is 19. The van der Waals surface area contributed by atoms with E-state index in [0.717, 1.165) is 5.56 Å². The quantitative estimate of drug-likeness (QED) is 0.0745. The number of carbonyl (C=O) groups is 2. The minimum Gasteiger partial charge on any atom is -0.461 e. The lowest BCUT2D eigenvalue weighted by molar-refractivity contribution is -0.273. The van der Waals surface area contributed by atoms with Crippen LogP contribution in [-0.4, -0.2) is 63.4 Å². The van der Waals surface area contributed by atoms with Crippen LogP contribution in [-0.2, 0) is 48.5 Å². The highest BCUT2D eigenvalue weighted by molar-refractivity contribution is 7.48. The summed E-state index contributed by atoms with van der Waals surface area (Å²) in [5.74, 6) is -1.35. The third-order valence-corrected chi connectivity index (χ3v) is 8.84. The van der Waals surface area contributed by atoms with Crippen molar-refractivity contribution in [3.63, 3.8) is 0 Å². The van der Waals surface area contributed by atoms with Gasteiger partial charge in [-0.15, -0.1) is 0 Å². The summed E-state index contributed by atoms with van der Waals surface area (Å²) in [6.45, 7) is 10.5. The number of esters is 2. The van der Waals surface area contributed by atoms with Crippen LogP contribution in [0.25, 0.3) is 4.85 Å². The number of nitriles is 1. The molecule has 1 heterocycles. The lowest BCUT2D eigenvalue weighted by atomic mass is 9.83. The highest BCUT2D eigenvalue weighted by Crippen LogP contribution is 2.50.